The van der Waals surface area contributed by atoms with Crippen molar-refractivity contribution in [1.29, 1.82) is 0 Å². The molecule has 2 rings (SSSR count). The van der Waals surface area contributed by atoms with Gasteiger partial charge < -0.3 is 16.0 Å². The van der Waals surface area contributed by atoms with Gasteiger partial charge in [-0.3, -0.25) is 10.1 Å². The first-order valence-electron chi connectivity index (χ1n) is 6.01. The maximum Gasteiger partial charge on any atom is 0.273 e. The van der Waals surface area contributed by atoms with Gasteiger partial charge in [0.2, 0.25) is 0 Å². The number of nitrogens with zero attached hydrogens (tertiary/aromatic N) is 2. The number of non-ortho nitro benzene ring substituents is 1. The van der Waals surface area contributed by atoms with Crippen molar-refractivity contribution in [2.75, 3.05) is 23.7 Å². The number of nitrogens with one attached hydrogen (secondary N) is 1. The Kier molecular flexibility index (Phi) is 3.38. The molecule has 98 valence electrons. The molecule has 1 heterocycles. The maximum absolute atomic E-state index is 10.8. The summed E-state index contributed by atoms with van der Waals surface area (Å²) in [7, 11) is 0. The third-order valence-corrected chi connectivity index (χ3v) is 3.06. The lowest BCUT2D eigenvalue weighted by atomic mass is 10.1. The number of hydrogen-bond acceptors (Lipinski definition) is 5. The summed E-state index contributed by atoms with van der Waals surface area (Å²) in [5, 5.41) is 14.3. The molecule has 0 bridgehead atoms. The smallest absolute Gasteiger partial charge is 0.273 e. The first-order chi connectivity index (χ1) is 8.45. The summed E-state index contributed by atoms with van der Waals surface area (Å²) in [4.78, 5) is 12.6. The highest BCUT2D eigenvalue weighted by Gasteiger charge is 2.22. The Balaban J connectivity index is 2.29. The predicted molar refractivity (Wildman–Crippen MR) is 71.8 cm³/mol. The maximum atomic E-state index is 10.8. The Morgan fingerprint density at radius 2 is 1.94 bits per heavy atom. The van der Waals surface area contributed by atoms with Crippen LogP contribution in [0.25, 0.3) is 0 Å². The Bertz CT molecular complexity index is 453. The van der Waals surface area contributed by atoms with Gasteiger partial charge in [0.15, 0.2) is 0 Å². The molecule has 6 nitrogen and oxygen atoms in total. The third-order valence-electron chi connectivity index (χ3n) is 3.06. The van der Waals surface area contributed by atoms with Crippen LogP contribution >= 0.6 is 0 Å². The second kappa shape index (κ2) is 4.81. The molecule has 1 aromatic carbocycles. The Labute approximate surface area is 106 Å². The van der Waals surface area contributed by atoms with Gasteiger partial charge in [-0.15, -0.1) is 0 Å². The molecule has 2 unspecified atom stereocenters. The van der Waals surface area contributed by atoms with Crippen LogP contribution in [0.15, 0.2) is 18.2 Å². The van der Waals surface area contributed by atoms with Crippen LogP contribution in [0.3, 0.4) is 0 Å². The van der Waals surface area contributed by atoms with Crippen molar-refractivity contribution in [1.82, 2.24) is 5.32 Å². The van der Waals surface area contributed by atoms with Crippen molar-refractivity contribution in [2.45, 2.75) is 25.9 Å². The van der Waals surface area contributed by atoms with Crippen LogP contribution in [0.2, 0.25) is 0 Å². The van der Waals surface area contributed by atoms with E-state index in [0.717, 1.165) is 18.8 Å². The average Bonchev–Trinajstić information content (AvgIpc) is 2.26. The first-order valence-corrected chi connectivity index (χ1v) is 6.01. The number of nitrogens with two attached hydrogens (primary N) is 1. The minimum Gasteiger partial charge on any atom is -0.398 e. The van der Waals surface area contributed by atoms with Gasteiger partial charge >= 0.3 is 0 Å². The zero-order chi connectivity index (χ0) is 13.3. The standard InChI is InChI=1S/C12H18N4O2/c1-8-6-15(7-9(2)14-8)11-3-10(13)4-12(5-11)16(17)18/h3-5,8-9,14H,6-7,13H2,1-2H3. The van der Waals surface area contributed by atoms with Crippen LogP contribution in [0.1, 0.15) is 13.8 Å². The van der Waals surface area contributed by atoms with Gasteiger partial charge in [0.25, 0.3) is 5.69 Å². The second-order valence-corrected chi connectivity index (χ2v) is 4.91. The lowest BCUT2D eigenvalue weighted by Crippen LogP contribution is -2.54. The van der Waals surface area contributed by atoms with E-state index < -0.39 is 4.92 Å². The summed E-state index contributed by atoms with van der Waals surface area (Å²) >= 11 is 0. The van der Waals surface area contributed by atoms with E-state index in [9.17, 15) is 10.1 Å². The molecular formula is C12H18N4O2. The van der Waals surface area contributed by atoms with Gasteiger partial charge in [-0.1, -0.05) is 0 Å². The SMILES string of the molecule is CC1CN(c2cc(N)cc([N+](=O)[O-])c2)CC(C)N1. The number of nitrogen functional groups attached to an aromatic ring is 1. The fourth-order valence-electron chi connectivity index (χ4n) is 2.44. The molecular weight excluding hydrogens is 232 g/mol. The summed E-state index contributed by atoms with van der Waals surface area (Å²) < 4.78 is 0. The van der Waals surface area contributed by atoms with Crippen molar-refractivity contribution < 1.29 is 4.92 Å². The van der Waals surface area contributed by atoms with Crippen LogP contribution in [-0.4, -0.2) is 30.1 Å². The Morgan fingerprint density at radius 3 is 2.50 bits per heavy atom. The monoisotopic (exact) mass is 250 g/mol. The zero-order valence-corrected chi connectivity index (χ0v) is 10.6. The fourth-order valence-corrected chi connectivity index (χ4v) is 2.44. The largest absolute Gasteiger partial charge is 0.398 e. The van der Waals surface area contributed by atoms with Gasteiger partial charge in [-0.2, -0.15) is 0 Å². The van der Waals surface area contributed by atoms with E-state index in [4.69, 9.17) is 5.73 Å². The molecule has 0 amide bonds. The summed E-state index contributed by atoms with van der Waals surface area (Å²) in [6.45, 7) is 5.85. The number of rotatable bonds is 2. The molecule has 0 aromatic heterocycles. The van der Waals surface area contributed by atoms with E-state index in [2.05, 4.69) is 24.1 Å². The highest BCUT2D eigenvalue weighted by atomic mass is 16.6. The molecule has 1 aromatic rings. The molecule has 0 saturated carbocycles. The summed E-state index contributed by atoms with van der Waals surface area (Å²) in [5.41, 5.74) is 7.02. The molecule has 6 heteroatoms. The van der Waals surface area contributed by atoms with E-state index >= 15 is 0 Å². The minimum atomic E-state index is -0.408. The highest BCUT2D eigenvalue weighted by Crippen LogP contribution is 2.26. The summed E-state index contributed by atoms with van der Waals surface area (Å²) in [5.74, 6) is 0. The summed E-state index contributed by atoms with van der Waals surface area (Å²) in [6.07, 6.45) is 0. The second-order valence-electron chi connectivity index (χ2n) is 4.91. The number of anilines is 2. The number of piperazine rings is 1. The van der Waals surface area contributed by atoms with Crippen molar-refractivity contribution >= 4 is 17.1 Å². The average molecular weight is 250 g/mol. The molecule has 0 aliphatic carbocycles. The van der Waals surface area contributed by atoms with E-state index in [0.29, 0.717) is 17.8 Å². The van der Waals surface area contributed by atoms with Crippen LogP contribution in [-0.2, 0) is 0 Å². The van der Waals surface area contributed by atoms with Gasteiger partial charge in [-0.05, 0) is 19.9 Å². The molecule has 18 heavy (non-hydrogen) atoms. The quantitative estimate of drug-likeness (QED) is 0.470. The van der Waals surface area contributed by atoms with E-state index in [1.54, 1.807) is 12.1 Å². The lowest BCUT2D eigenvalue weighted by Gasteiger charge is -2.37. The number of nitro benzene ring substituents is 1. The zero-order valence-electron chi connectivity index (χ0n) is 10.6. The predicted octanol–water partition coefficient (Wildman–Crippen LogP) is 1.36. The van der Waals surface area contributed by atoms with Crippen LogP contribution in [0.5, 0.6) is 0 Å². The van der Waals surface area contributed by atoms with Crippen molar-refractivity contribution in [3.8, 4) is 0 Å². The molecule has 1 aliphatic heterocycles. The van der Waals surface area contributed by atoms with E-state index in [1.165, 1.54) is 6.07 Å². The van der Waals surface area contributed by atoms with Gasteiger partial charge in [0.05, 0.1) is 4.92 Å². The van der Waals surface area contributed by atoms with Crippen molar-refractivity contribution in [2.24, 2.45) is 0 Å². The van der Waals surface area contributed by atoms with Gasteiger partial charge in [-0.25, -0.2) is 0 Å². The number of hydrogen-bond donors (Lipinski definition) is 2. The number of benzene rings is 1. The van der Waals surface area contributed by atoms with Crippen molar-refractivity contribution in [3.63, 3.8) is 0 Å². The third kappa shape index (κ3) is 2.70. The molecule has 1 aliphatic rings. The normalized spacial score (nSPS) is 24.0. The van der Waals surface area contributed by atoms with Crippen LogP contribution in [0, 0.1) is 10.1 Å². The molecule has 1 saturated heterocycles. The topological polar surface area (TPSA) is 84.4 Å². The molecule has 2 atom stereocenters. The van der Waals surface area contributed by atoms with Gasteiger partial charge in [0, 0.05) is 48.7 Å². The fraction of sp³-hybridized carbons (Fsp3) is 0.500. The number of nitro groups is 1. The van der Waals surface area contributed by atoms with E-state index in [1.807, 2.05) is 0 Å². The summed E-state index contributed by atoms with van der Waals surface area (Å²) in [6, 6.07) is 5.47. The first kappa shape index (κ1) is 12.6. The van der Waals surface area contributed by atoms with Gasteiger partial charge in [0.1, 0.15) is 0 Å². The Morgan fingerprint density at radius 1 is 1.33 bits per heavy atom. The van der Waals surface area contributed by atoms with Crippen molar-refractivity contribution in [3.05, 3.63) is 28.3 Å². The molecule has 3 N–H and O–H groups in total. The molecule has 0 spiro atoms. The lowest BCUT2D eigenvalue weighted by molar-refractivity contribution is -0.384. The molecule has 1 fully saturated rings. The van der Waals surface area contributed by atoms with Crippen LogP contribution in [0.4, 0.5) is 17.1 Å². The van der Waals surface area contributed by atoms with E-state index in [-0.39, 0.29) is 5.69 Å². The van der Waals surface area contributed by atoms with Crippen LogP contribution < -0.4 is 16.0 Å². The Hall–Kier alpha value is -1.82. The molecule has 0 radical (unpaired) electrons. The minimum absolute atomic E-state index is 0.0452. The highest BCUT2D eigenvalue weighted by molar-refractivity contribution is 5.63.